The number of benzene rings is 1. The molecule has 6 heteroatoms. The quantitative estimate of drug-likeness (QED) is 0.789. The van der Waals surface area contributed by atoms with Gasteiger partial charge in [-0.1, -0.05) is 32.0 Å². The molecule has 126 valence electrons. The summed E-state index contributed by atoms with van der Waals surface area (Å²) in [5.41, 5.74) is 1.68. The van der Waals surface area contributed by atoms with Gasteiger partial charge in [0.25, 0.3) is 5.91 Å². The number of nitrogens with zero attached hydrogens (tertiary/aromatic N) is 1. The highest BCUT2D eigenvalue weighted by Crippen LogP contribution is 2.36. The average Bonchev–Trinajstić information content (AvgIpc) is 2.98. The molecule has 0 unspecified atom stereocenters. The van der Waals surface area contributed by atoms with Crippen molar-refractivity contribution in [3.8, 4) is 0 Å². The maximum absolute atomic E-state index is 12.1. The highest BCUT2D eigenvalue weighted by molar-refractivity contribution is 5.94. The van der Waals surface area contributed by atoms with Crippen molar-refractivity contribution in [2.24, 2.45) is 5.92 Å². The van der Waals surface area contributed by atoms with Crippen molar-refractivity contribution >= 4 is 17.6 Å². The number of nitrogens with one attached hydrogen (secondary N) is 3. The lowest BCUT2D eigenvalue weighted by atomic mass is 9.78. The molecule has 0 aliphatic heterocycles. The minimum Gasteiger partial charge on any atom is -0.349 e. The maximum atomic E-state index is 12.1. The molecule has 0 atom stereocenters. The van der Waals surface area contributed by atoms with Crippen LogP contribution in [0.25, 0.3) is 0 Å². The van der Waals surface area contributed by atoms with Crippen LogP contribution in [0.1, 0.15) is 48.7 Å². The first kappa shape index (κ1) is 16.2. The zero-order valence-electron chi connectivity index (χ0n) is 13.9. The van der Waals surface area contributed by atoms with Gasteiger partial charge in [0.05, 0.1) is 0 Å². The Morgan fingerprint density at radius 3 is 2.58 bits per heavy atom. The van der Waals surface area contributed by atoms with Gasteiger partial charge in [0.15, 0.2) is 5.82 Å². The molecule has 0 radical (unpaired) electrons. The van der Waals surface area contributed by atoms with Crippen LogP contribution in [0.15, 0.2) is 36.4 Å². The topological polar surface area (TPSA) is 86.9 Å². The van der Waals surface area contributed by atoms with Crippen LogP contribution < -0.4 is 10.6 Å². The van der Waals surface area contributed by atoms with Gasteiger partial charge < -0.3 is 10.6 Å². The molecule has 2 amide bonds. The lowest BCUT2D eigenvalue weighted by Gasteiger charge is -2.35. The largest absolute Gasteiger partial charge is 0.349 e. The third kappa shape index (κ3) is 3.64. The van der Waals surface area contributed by atoms with E-state index < -0.39 is 0 Å². The number of H-pyrrole nitrogens is 1. The Bertz CT molecular complexity index is 718. The second-order valence-electron chi connectivity index (χ2n) is 6.56. The molecule has 1 aliphatic carbocycles. The smallest absolute Gasteiger partial charge is 0.251 e. The fourth-order valence-corrected chi connectivity index (χ4v) is 2.73. The molecule has 1 aromatic carbocycles. The van der Waals surface area contributed by atoms with Crippen LogP contribution in [-0.4, -0.2) is 28.1 Å². The van der Waals surface area contributed by atoms with Crippen molar-refractivity contribution < 1.29 is 9.59 Å². The van der Waals surface area contributed by atoms with Crippen molar-refractivity contribution in [3.05, 3.63) is 47.7 Å². The Labute approximate surface area is 141 Å². The van der Waals surface area contributed by atoms with Gasteiger partial charge in [-0.3, -0.25) is 14.7 Å². The second kappa shape index (κ2) is 6.86. The van der Waals surface area contributed by atoms with Crippen LogP contribution in [0.3, 0.4) is 0 Å². The Hall–Kier alpha value is -2.63. The molecule has 3 rings (SSSR count). The molecule has 2 aromatic rings. The van der Waals surface area contributed by atoms with Crippen molar-refractivity contribution in [3.63, 3.8) is 0 Å². The summed E-state index contributed by atoms with van der Waals surface area (Å²) in [6.07, 6.45) is 1.75. The summed E-state index contributed by atoms with van der Waals surface area (Å²) in [7, 11) is 0. The Morgan fingerprint density at radius 2 is 1.92 bits per heavy atom. The third-order valence-corrected chi connectivity index (χ3v) is 4.32. The number of amides is 2. The van der Waals surface area contributed by atoms with Gasteiger partial charge in [0.1, 0.15) is 0 Å². The molecular formula is C18H22N4O2. The van der Waals surface area contributed by atoms with Crippen LogP contribution in [0.5, 0.6) is 0 Å². The van der Waals surface area contributed by atoms with E-state index in [-0.39, 0.29) is 23.8 Å². The molecule has 1 fully saturated rings. The van der Waals surface area contributed by atoms with Gasteiger partial charge in [0.2, 0.25) is 5.91 Å². The van der Waals surface area contributed by atoms with Crippen molar-refractivity contribution in [1.29, 1.82) is 0 Å². The normalized spacial score (nSPS) is 19.6. The van der Waals surface area contributed by atoms with Crippen LogP contribution in [0, 0.1) is 5.92 Å². The number of aromatic amines is 1. The molecule has 1 saturated carbocycles. The monoisotopic (exact) mass is 326 g/mol. The Kier molecular flexibility index (Phi) is 4.64. The molecule has 0 saturated heterocycles. The van der Waals surface area contributed by atoms with Crippen molar-refractivity contribution in [1.82, 2.24) is 15.5 Å². The number of carbonyl (C=O) groups is 2. The van der Waals surface area contributed by atoms with E-state index in [2.05, 4.69) is 20.8 Å². The zero-order chi connectivity index (χ0) is 17.1. The van der Waals surface area contributed by atoms with Gasteiger partial charge in [-0.05, 0) is 25.0 Å². The van der Waals surface area contributed by atoms with E-state index in [1.54, 1.807) is 0 Å². The first-order chi connectivity index (χ1) is 11.5. The van der Waals surface area contributed by atoms with Gasteiger partial charge in [-0.25, -0.2) is 0 Å². The number of carbonyl (C=O) groups excluding carboxylic acids is 2. The highest BCUT2D eigenvalue weighted by atomic mass is 16.2. The molecule has 0 spiro atoms. The van der Waals surface area contributed by atoms with E-state index in [4.69, 9.17) is 0 Å². The SMILES string of the molecule is CC(C)C(=O)Nc1cc(C2CC(NC(=O)c3ccccc3)C2)[nH]n1. The number of hydrogen-bond acceptors (Lipinski definition) is 3. The fraction of sp³-hybridized carbons (Fsp3) is 0.389. The summed E-state index contributed by atoms with van der Waals surface area (Å²) in [6.45, 7) is 3.68. The number of hydrogen-bond donors (Lipinski definition) is 3. The summed E-state index contributed by atoms with van der Waals surface area (Å²) < 4.78 is 0. The molecular weight excluding hydrogens is 304 g/mol. The third-order valence-electron chi connectivity index (χ3n) is 4.32. The first-order valence-electron chi connectivity index (χ1n) is 8.25. The van der Waals surface area contributed by atoms with E-state index in [1.807, 2.05) is 50.2 Å². The minimum absolute atomic E-state index is 0.0338. The highest BCUT2D eigenvalue weighted by Gasteiger charge is 2.33. The molecule has 24 heavy (non-hydrogen) atoms. The van der Waals surface area contributed by atoms with Crippen LogP contribution in [-0.2, 0) is 4.79 Å². The summed E-state index contributed by atoms with van der Waals surface area (Å²) in [5.74, 6) is 0.735. The van der Waals surface area contributed by atoms with E-state index in [0.717, 1.165) is 18.5 Å². The van der Waals surface area contributed by atoms with Crippen LogP contribution in [0.4, 0.5) is 5.82 Å². The van der Waals surface area contributed by atoms with E-state index in [0.29, 0.717) is 17.3 Å². The lowest BCUT2D eigenvalue weighted by molar-refractivity contribution is -0.118. The van der Waals surface area contributed by atoms with Crippen molar-refractivity contribution in [2.45, 2.75) is 38.6 Å². The number of anilines is 1. The number of rotatable bonds is 5. The van der Waals surface area contributed by atoms with Gasteiger partial charge in [-0.15, -0.1) is 0 Å². The van der Waals surface area contributed by atoms with Crippen LogP contribution >= 0.6 is 0 Å². The predicted molar refractivity (Wildman–Crippen MR) is 91.7 cm³/mol. The molecule has 3 N–H and O–H groups in total. The van der Waals surface area contributed by atoms with Gasteiger partial charge >= 0.3 is 0 Å². The second-order valence-corrected chi connectivity index (χ2v) is 6.56. The van der Waals surface area contributed by atoms with Gasteiger partial charge in [0, 0.05) is 35.2 Å². The summed E-state index contributed by atoms with van der Waals surface area (Å²) in [5, 5.41) is 12.9. The molecule has 1 aromatic heterocycles. The predicted octanol–water partition coefficient (Wildman–Crippen LogP) is 2.68. The molecule has 6 nitrogen and oxygen atoms in total. The Balaban J connectivity index is 1.49. The summed E-state index contributed by atoms with van der Waals surface area (Å²) >= 11 is 0. The molecule has 1 aliphatic rings. The van der Waals surface area contributed by atoms with E-state index >= 15 is 0 Å². The fourth-order valence-electron chi connectivity index (χ4n) is 2.73. The number of aromatic nitrogens is 2. The summed E-state index contributed by atoms with van der Waals surface area (Å²) in [4.78, 5) is 23.8. The Morgan fingerprint density at radius 1 is 1.21 bits per heavy atom. The van der Waals surface area contributed by atoms with Crippen molar-refractivity contribution in [2.75, 3.05) is 5.32 Å². The van der Waals surface area contributed by atoms with E-state index in [1.165, 1.54) is 0 Å². The molecule has 0 bridgehead atoms. The maximum Gasteiger partial charge on any atom is 0.251 e. The average molecular weight is 326 g/mol. The zero-order valence-corrected chi connectivity index (χ0v) is 13.9. The summed E-state index contributed by atoms with van der Waals surface area (Å²) in [6, 6.07) is 11.3. The molecule has 1 heterocycles. The standard InChI is InChI=1S/C18H22N4O2/c1-11(2)17(23)20-16-10-15(21-22-16)13-8-14(9-13)19-18(24)12-6-4-3-5-7-12/h3-7,10-11,13-14H,8-9H2,1-2H3,(H,19,24)(H2,20,21,22,23). The lowest BCUT2D eigenvalue weighted by Crippen LogP contribution is -2.43. The minimum atomic E-state index is -0.0774. The van der Waals surface area contributed by atoms with E-state index in [9.17, 15) is 9.59 Å². The first-order valence-corrected chi connectivity index (χ1v) is 8.25. The van der Waals surface area contributed by atoms with Gasteiger partial charge in [-0.2, -0.15) is 5.10 Å². The van der Waals surface area contributed by atoms with Crippen LogP contribution in [0.2, 0.25) is 0 Å².